The maximum Gasteiger partial charge on any atom is 0.137 e. The summed E-state index contributed by atoms with van der Waals surface area (Å²) in [6.45, 7) is 3.81. The van der Waals surface area contributed by atoms with Gasteiger partial charge < -0.3 is 4.42 Å². The standard InChI is InChI=1S/C11H14O2/c1-7-5-10(7)11-4-3-9(13-11)6-8(2)12/h3-4,7,10H,5-6H2,1-2H3. The van der Waals surface area contributed by atoms with Crippen LogP contribution in [0.4, 0.5) is 0 Å². The van der Waals surface area contributed by atoms with Crippen molar-refractivity contribution in [1.29, 1.82) is 0 Å². The molecular weight excluding hydrogens is 164 g/mol. The molecule has 1 saturated carbocycles. The summed E-state index contributed by atoms with van der Waals surface area (Å²) in [5.41, 5.74) is 0. The summed E-state index contributed by atoms with van der Waals surface area (Å²) in [7, 11) is 0. The molecule has 2 rings (SSSR count). The van der Waals surface area contributed by atoms with Crippen LogP contribution in [0.25, 0.3) is 0 Å². The van der Waals surface area contributed by atoms with Gasteiger partial charge in [0.25, 0.3) is 0 Å². The zero-order chi connectivity index (χ0) is 9.42. The van der Waals surface area contributed by atoms with E-state index in [-0.39, 0.29) is 5.78 Å². The molecule has 70 valence electrons. The van der Waals surface area contributed by atoms with Crippen LogP contribution >= 0.6 is 0 Å². The monoisotopic (exact) mass is 178 g/mol. The zero-order valence-corrected chi connectivity index (χ0v) is 8.04. The van der Waals surface area contributed by atoms with E-state index in [2.05, 4.69) is 6.92 Å². The molecule has 1 aliphatic rings. The van der Waals surface area contributed by atoms with Gasteiger partial charge >= 0.3 is 0 Å². The molecule has 2 heteroatoms. The lowest BCUT2D eigenvalue weighted by atomic mass is 10.2. The number of ketones is 1. The Bertz CT molecular complexity index is 325. The Labute approximate surface area is 77.9 Å². The molecule has 0 spiro atoms. The highest BCUT2D eigenvalue weighted by Gasteiger charge is 2.36. The van der Waals surface area contributed by atoms with E-state index in [9.17, 15) is 4.79 Å². The Kier molecular flexibility index (Phi) is 1.98. The van der Waals surface area contributed by atoms with Crippen LogP contribution in [0.2, 0.25) is 0 Å². The third kappa shape index (κ3) is 1.82. The topological polar surface area (TPSA) is 30.2 Å². The quantitative estimate of drug-likeness (QED) is 0.712. The summed E-state index contributed by atoms with van der Waals surface area (Å²) in [4.78, 5) is 10.8. The minimum atomic E-state index is 0.157. The first-order chi connectivity index (χ1) is 6.16. The number of carbonyl (C=O) groups excluding carboxylic acids is 1. The maximum atomic E-state index is 10.8. The number of carbonyl (C=O) groups is 1. The highest BCUT2D eigenvalue weighted by Crippen LogP contribution is 2.47. The molecule has 13 heavy (non-hydrogen) atoms. The molecular formula is C11H14O2. The number of furan rings is 1. The van der Waals surface area contributed by atoms with Gasteiger partial charge in [0.1, 0.15) is 17.3 Å². The summed E-state index contributed by atoms with van der Waals surface area (Å²) >= 11 is 0. The summed E-state index contributed by atoms with van der Waals surface area (Å²) in [6, 6.07) is 3.92. The molecule has 2 atom stereocenters. The molecule has 1 fully saturated rings. The van der Waals surface area contributed by atoms with E-state index in [0.717, 1.165) is 17.4 Å². The van der Waals surface area contributed by atoms with Crippen molar-refractivity contribution in [3.8, 4) is 0 Å². The van der Waals surface area contributed by atoms with Crippen LogP contribution < -0.4 is 0 Å². The molecule has 0 bridgehead atoms. The van der Waals surface area contributed by atoms with Crippen LogP contribution in [0.3, 0.4) is 0 Å². The maximum absolute atomic E-state index is 10.8. The number of rotatable bonds is 3. The molecule has 1 aliphatic carbocycles. The minimum Gasteiger partial charge on any atom is -0.465 e. The van der Waals surface area contributed by atoms with Gasteiger partial charge in [-0.2, -0.15) is 0 Å². The van der Waals surface area contributed by atoms with E-state index in [1.165, 1.54) is 6.42 Å². The molecule has 1 heterocycles. The van der Waals surface area contributed by atoms with Crippen LogP contribution in [0, 0.1) is 5.92 Å². The fourth-order valence-corrected chi connectivity index (χ4v) is 1.65. The van der Waals surface area contributed by atoms with Crippen molar-refractivity contribution in [3.05, 3.63) is 23.7 Å². The highest BCUT2D eigenvalue weighted by atomic mass is 16.3. The number of hydrogen-bond acceptors (Lipinski definition) is 2. The van der Waals surface area contributed by atoms with Crippen molar-refractivity contribution in [1.82, 2.24) is 0 Å². The largest absolute Gasteiger partial charge is 0.465 e. The Morgan fingerprint density at radius 2 is 2.31 bits per heavy atom. The van der Waals surface area contributed by atoms with Gasteiger partial charge in [-0.1, -0.05) is 6.92 Å². The highest BCUT2D eigenvalue weighted by molar-refractivity contribution is 5.77. The SMILES string of the molecule is CC(=O)Cc1ccc(C2CC2C)o1. The van der Waals surface area contributed by atoms with Gasteiger partial charge in [-0.3, -0.25) is 4.79 Å². The summed E-state index contributed by atoms with van der Waals surface area (Å²) in [5, 5.41) is 0. The fraction of sp³-hybridized carbons (Fsp3) is 0.545. The summed E-state index contributed by atoms with van der Waals surface area (Å²) < 4.78 is 5.57. The van der Waals surface area contributed by atoms with E-state index in [1.54, 1.807) is 6.92 Å². The Balaban J connectivity index is 2.05. The Morgan fingerprint density at radius 1 is 1.62 bits per heavy atom. The Morgan fingerprint density at radius 3 is 2.85 bits per heavy atom. The molecule has 2 nitrogen and oxygen atoms in total. The minimum absolute atomic E-state index is 0.157. The van der Waals surface area contributed by atoms with E-state index < -0.39 is 0 Å². The molecule has 0 saturated heterocycles. The van der Waals surface area contributed by atoms with E-state index >= 15 is 0 Å². The van der Waals surface area contributed by atoms with Gasteiger partial charge in [-0.25, -0.2) is 0 Å². The van der Waals surface area contributed by atoms with Crippen molar-refractivity contribution in [3.63, 3.8) is 0 Å². The molecule has 0 radical (unpaired) electrons. The molecule has 0 amide bonds. The van der Waals surface area contributed by atoms with Crippen LogP contribution in [0.1, 0.15) is 37.7 Å². The lowest BCUT2D eigenvalue weighted by molar-refractivity contribution is -0.116. The van der Waals surface area contributed by atoms with Crippen LogP contribution in [0.15, 0.2) is 16.5 Å². The molecule has 1 aromatic rings. The van der Waals surface area contributed by atoms with E-state index in [1.807, 2.05) is 12.1 Å². The van der Waals surface area contributed by atoms with Crippen molar-refractivity contribution in [2.75, 3.05) is 0 Å². The van der Waals surface area contributed by atoms with Crippen molar-refractivity contribution < 1.29 is 9.21 Å². The molecule has 2 unspecified atom stereocenters. The second kappa shape index (κ2) is 3.02. The van der Waals surface area contributed by atoms with Crippen molar-refractivity contribution in [2.45, 2.75) is 32.6 Å². The van der Waals surface area contributed by atoms with E-state index in [4.69, 9.17) is 4.42 Å². The van der Waals surface area contributed by atoms with Gasteiger partial charge in [0.05, 0.1) is 6.42 Å². The molecule has 1 aromatic heterocycles. The molecule has 0 aliphatic heterocycles. The first-order valence-corrected chi connectivity index (χ1v) is 4.75. The lowest BCUT2D eigenvalue weighted by Gasteiger charge is -1.92. The predicted molar refractivity (Wildman–Crippen MR) is 49.6 cm³/mol. The Hall–Kier alpha value is -1.05. The van der Waals surface area contributed by atoms with Crippen molar-refractivity contribution in [2.24, 2.45) is 5.92 Å². The zero-order valence-electron chi connectivity index (χ0n) is 8.04. The van der Waals surface area contributed by atoms with Crippen LogP contribution in [-0.2, 0) is 11.2 Å². The van der Waals surface area contributed by atoms with Crippen LogP contribution in [-0.4, -0.2) is 5.78 Å². The van der Waals surface area contributed by atoms with Gasteiger partial charge in [0.15, 0.2) is 0 Å². The second-order valence-electron chi connectivity index (χ2n) is 4.00. The average Bonchev–Trinajstić information content (AvgIpc) is 2.60. The third-order valence-electron chi connectivity index (χ3n) is 2.58. The van der Waals surface area contributed by atoms with Gasteiger partial charge in [0, 0.05) is 5.92 Å². The smallest absolute Gasteiger partial charge is 0.137 e. The second-order valence-corrected chi connectivity index (χ2v) is 4.00. The van der Waals surface area contributed by atoms with E-state index in [0.29, 0.717) is 12.3 Å². The summed E-state index contributed by atoms with van der Waals surface area (Å²) in [5.74, 6) is 3.40. The fourth-order valence-electron chi connectivity index (χ4n) is 1.65. The van der Waals surface area contributed by atoms with Gasteiger partial charge in [0.2, 0.25) is 0 Å². The molecule has 0 aromatic carbocycles. The average molecular weight is 178 g/mol. The van der Waals surface area contributed by atoms with Crippen LogP contribution in [0.5, 0.6) is 0 Å². The predicted octanol–water partition coefficient (Wildman–Crippen LogP) is 2.53. The first kappa shape index (κ1) is 8.54. The first-order valence-electron chi connectivity index (χ1n) is 4.75. The normalized spacial score (nSPS) is 26.0. The summed E-state index contributed by atoms with van der Waals surface area (Å²) in [6.07, 6.45) is 1.66. The number of hydrogen-bond donors (Lipinski definition) is 0. The lowest BCUT2D eigenvalue weighted by Crippen LogP contribution is -1.93. The van der Waals surface area contributed by atoms with Crippen molar-refractivity contribution >= 4 is 5.78 Å². The third-order valence-corrected chi connectivity index (χ3v) is 2.58. The number of Topliss-reactive ketones (excluding diaryl/α,β-unsaturated/α-hetero) is 1. The van der Waals surface area contributed by atoms with Gasteiger partial charge in [-0.15, -0.1) is 0 Å². The van der Waals surface area contributed by atoms with Gasteiger partial charge in [-0.05, 0) is 31.4 Å². The molecule has 0 N–H and O–H groups in total.